The molecule has 1 nitrogen and oxygen atoms in total. The normalized spacial score (nSPS) is 9.85. The Hall–Kier alpha value is -0.180. The lowest BCUT2D eigenvalue weighted by molar-refractivity contribution is 1.02. The minimum Gasteiger partial charge on any atom is -0.326 e. The minimum absolute atomic E-state index is 0. The van der Waals surface area contributed by atoms with Crippen LogP contribution in [0.3, 0.4) is 0 Å². The number of thioether (sulfide) groups is 1. The average Bonchev–Trinajstić information content (AvgIpc) is 2.04. The van der Waals surface area contributed by atoms with Crippen molar-refractivity contribution in [3.05, 3.63) is 29.8 Å². The molecule has 0 aliphatic carbocycles. The van der Waals surface area contributed by atoms with Crippen LogP contribution in [-0.2, 0) is 6.54 Å². The topological polar surface area (TPSA) is 26.0 Å². The van der Waals surface area contributed by atoms with Crippen molar-refractivity contribution in [2.75, 3.05) is 0 Å². The summed E-state index contributed by atoms with van der Waals surface area (Å²) in [7, 11) is 0. The van der Waals surface area contributed by atoms with E-state index >= 15 is 0 Å². The molecule has 0 bridgehead atoms. The van der Waals surface area contributed by atoms with Gasteiger partial charge in [0.1, 0.15) is 0 Å². The van der Waals surface area contributed by atoms with Crippen molar-refractivity contribution in [1.82, 2.24) is 0 Å². The van der Waals surface area contributed by atoms with Crippen LogP contribution in [-0.4, -0.2) is 5.25 Å². The van der Waals surface area contributed by atoms with Crippen molar-refractivity contribution >= 4 is 24.2 Å². The third-order valence-corrected chi connectivity index (χ3v) is 2.68. The smallest absolute Gasteiger partial charge is 0.0189 e. The Morgan fingerprint density at radius 2 is 1.92 bits per heavy atom. The van der Waals surface area contributed by atoms with Crippen LogP contribution in [0, 0.1) is 0 Å². The first-order valence-corrected chi connectivity index (χ1v) is 5.06. The summed E-state index contributed by atoms with van der Waals surface area (Å²) in [4.78, 5) is 1.31. The second-order valence-electron chi connectivity index (χ2n) is 2.98. The lowest BCUT2D eigenvalue weighted by Gasteiger charge is -2.08. The first-order valence-electron chi connectivity index (χ1n) is 4.18. The molecule has 2 N–H and O–H groups in total. The number of benzene rings is 1. The molecule has 0 saturated carbocycles. The molecule has 0 radical (unpaired) electrons. The summed E-state index contributed by atoms with van der Waals surface area (Å²) in [5, 5.41) is 0.623. The monoisotopic (exact) mass is 217 g/mol. The summed E-state index contributed by atoms with van der Waals surface area (Å²) in [5.74, 6) is 0. The van der Waals surface area contributed by atoms with Gasteiger partial charge in [-0.15, -0.1) is 24.2 Å². The second kappa shape index (κ2) is 6.30. The average molecular weight is 218 g/mol. The molecule has 1 rings (SSSR count). The van der Waals surface area contributed by atoms with Gasteiger partial charge in [-0.05, 0) is 11.6 Å². The second-order valence-corrected chi connectivity index (χ2v) is 4.60. The molecule has 3 heteroatoms. The number of halogens is 1. The van der Waals surface area contributed by atoms with E-state index in [1.807, 2.05) is 17.8 Å². The molecule has 1 aromatic carbocycles. The quantitative estimate of drug-likeness (QED) is 0.788. The van der Waals surface area contributed by atoms with Crippen molar-refractivity contribution in [1.29, 1.82) is 0 Å². The third-order valence-electron chi connectivity index (χ3n) is 1.56. The van der Waals surface area contributed by atoms with E-state index in [2.05, 4.69) is 32.0 Å². The lowest BCUT2D eigenvalue weighted by Crippen LogP contribution is -1.99. The number of rotatable bonds is 3. The molecule has 0 spiro atoms. The Morgan fingerprint density at radius 1 is 1.31 bits per heavy atom. The summed E-state index contributed by atoms with van der Waals surface area (Å²) >= 11 is 1.87. The molecule has 0 unspecified atom stereocenters. The Balaban J connectivity index is 0.00000144. The Morgan fingerprint density at radius 3 is 2.46 bits per heavy atom. The van der Waals surface area contributed by atoms with Gasteiger partial charge in [0, 0.05) is 16.7 Å². The van der Waals surface area contributed by atoms with E-state index in [0.717, 1.165) is 0 Å². The maximum Gasteiger partial charge on any atom is 0.0189 e. The summed E-state index contributed by atoms with van der Waals surface area (Å²) in [6.45, 7) is 5.02. The van der Waals surface area contributed by atoms with Crippen molar-refractivity contribution in [2.24, 2.45) is 5.73 Å². The molecule has 0 aliphatic rings. The molecular formula is C10H16ClNS. The standard InChI is InChI=1S/C10H15NS.ClH/c1-8(2)12-10-6-4-3-5-9(10)7-11;/h3-6,8H,7,11H2,1-2H3;1H. The molecule has 0 atom stereocenters. The fourth-order valence-corrected chi connectivity index (χ4v) is 2.01. The fourth-order valence-electron chi connectivity index (χ4n) is 1.04. The number of nitrogens with two attached hydrogens (primary N) is 1. The van der Waals surface area contributed by atoms with Crippen LogP contribution in [0.15, 0.2) is 29.2 Å². The fraction of sp³-hybridized carbons (Fsp3) is 0.400. The first kappa shape index (κ1) is 12.8. The van der Waals surface area contributed by atoms with Gasteiger partial charge in [0.2, 0.25) is 0 Å². The van der Waals surface area contributed by atoms with Crippen LogP contribution in [0.5, 0.6) is 0 Å². The summed E-state index contributed by atoms with van der Waals surface area (Å²) in [6, 6.07) is 8.31. The highest BCUT2D eigenvalue weighted by atomic mass is 35.5. The van der Waals surface area contributed by atoms with Gasteiger partial charge < -0.3 is 5.73 Å². The highest BCUT2D eigenvalue weighted by Gasteiger charge is 2.01. The molecule has 0 amide bonds. The van der Waals surface area contributed by atoms with Crippen molar-refractivity contribution in [3.8, 4) is 0 Å². The minimum atomic E-state index is 0. The van der Waals surface area contributed by atoms with E-state index < -0.39 is 0 Å². The predicted octanol–water partition coefficient (Wildman–Crippen LogP) is 3.07. The SMILES string of the molecule is CC(C)Sc1ccccc1CN.Cl. The predicted molar refractivity (Wildman–Crippen MR) is 62.6 cm³/mol. The summed E-state index contributed by atoms with van der Waals surface area (Å²) < 4.78 is 0. The van der Waals surface area contributed by atoms with E-state index in [9.17, 15) is 0 Å². The van der Waals surface area contributed by atoms with Crippen molar-refractivity contribution in [3.63, 3.8) is 0 Å². The first-order chi connectivity index (χ1) is 5.74. The van der Waals surface area contributed by atoms with E-state index in [1.165, 1.54) is 10.5 Å². The Bertz CT molecular complexity index is 250. The largest absolute Gasteiger partial charge is 0.326 e. The zero-order valence-corrected chi connectivity index (χ0v) is 9.62. The van der Waals surface area contributed by atoms with Crippen molar-refractivity contribution < 1.29 is 0 Å². The Labute approximate surface area is 90.5 Å². The Kier molecular flexibility index (Phi) is 6.21. The van der Waals surface area contributed by atoms with Crippen molar-refractivity contribution in [2.45, 2.75) is 30.5 Å². The maximum absolute atomic E-state index is 5.61. The molecule has 13 heavy (non-hydrogen) atoms. The molecule has 0 heterocycles. The highest BCUT2D eigenvalue weighted by molar-refractivity contribution is 8.00. The van der Waals surface area contributed by atoms with Gasteiger partial charge in [-0.1, -0.05) is 32.0 Å². The van der Waals surface area contributed by atoms with Gasteiger partial charge in [0.15, 0.2) is 0 Å². The van der Waals surface area contributed by atoms with Crippen LogP contribution in [0.1, 0.15) is 19.4 Å². The van der Waals surface area contributed by atoms with E-state index in [4.69, 9.17) is 5.73 Å². The van der Waals surface area contributed by atoms with Crippen LogP contribution in [0.4, 0.5) is 0 Å². The third kappa shape index (κ3) is 4.03. The number of hydrogen-bond donors (Lipinski definition) is 1. The van der Waals surface area contributed by atoms with E-state index in [0.29, 0.717) is 11.8 Å². The maximum atomic E-state index is 5.61. The zero-order chi connectivity index (χ0) is 8.97. The van der Waals surface area contributed by atoms with E-state index in [-0.39, 0.29) is 12.4 Å². The van der Waals surface area contributed by atoms with Crippen LogP contribution in [0.2, 0.25) is 0 Å². The highest BCUT2D eigenvalue weighted by Crippen LogP contribution is 2.25. The molecule has 1 aromatic rings. The van der Waals surface area contributed by atoms with Gasteiger partial charge in [0.05, 0.1) is 0 Å². The van der Waals surface area contributed by atoms with Gasteiger partial charge >= 0.3 is 0 Å². The summed E-state index contributed by atoms with van der Waals surface area (Å²) in [6.07, 6.45) is 0. The molecule has 74 valence electrons. The van der Waals surface area contributed by atoms with Gasteiger partial charge in [-0.3, -0.25) is 0 Å². The van der Waals surface area contributed by atoms with Gasteiger partial charge in [-0.2, -0.15) is 0 Å². The zero-order valence-electron chi connectivity index (χ0n) is 7.99. The van der Waals surface area contributed by atoms with Crippen LogP contribution in [0.25, 0.3) is 0 Å². The number of hydrogen-bond acceptors (Lipinski definition) is 2. The lowest BCUT2D eigenvalue weighted by atomic mass is 10.2. The molecule has 0 aromatic heterocycles. The van der Waals surface area contributed by atoms with Gasteiger partial charge in [0.25, 0.3) is 0 Å². The summed E-state index contributed by atoms with van der Waals surface area (Å²) in [5.41, 5.74) is 6.86. The van der Waals surface area contributed by atoms with E-state index in [1.54, 1.807) is 0 Å². The van der Waals surface area contributed by atoms with Gasteiger partial charge in [-0.25, -0.2) is 0 Å². The van der Waals surface area contributed by atoms with Crippen LogP contribution < -0.4 is 5.73 Å². The molecule has 0 aliphatic heterocycles. The van der Waals surface area contributed by atoms with Crippen LogP contribution >= 0.6 is 24.2 Å². The molecular weight excluding hydrogens is 202 g/mol. The molecule has 0 fully saturated rings. The molecule has 0 saturated heterocycles.